The first-order chi connectivity index (χ1) is 19.0. The van der Waals surface area contributed by atoms with Crippen LogP contribution >= 0.6 is 11.6 Å². The molecule has 4 aromatic rings. The minimum absolute atomic E-state index is 0.0432. The fourth-order valence-electron chi connectivity index (χ4n) is 5.42. The van der Waals surface area contributed by atoms with Gasteiger partial charge in [-0.2, -0.15) is 0 Å². The number of rotatable bonds is 6. The van der Waals surface area contributed by atoms with E-state index in [4.69, 9.17) is 11.6 Å². The molecule has 1 N–H and O–H groups in total. The van der Waals surface area contributed by atoms with E-state index in [1.165, 1.54) is 27.3 Å². The van der Waals surface area contributed by atoms with E-state index in [9.17, 15) is 23.9 Å². The van der Waals surface area contributed by atoms with Crippen LogP contribution in [0.1, 0.15) is 30.9 Å². The van der Waals surface area contributed by atoms with Crippen LogP contribution < -0.4 is 11.1 Å². The van der Waals surface area contributed by atoms with Gasteiger partial charge in [0.2, 0.25) is 5.91 Å². The summed E-state index contributed by atoms with van der Waals surface area (Å²) in [7, 11) is 0. The van der Waals surface area contributed by atoms with Gasteiger partial charge in [0.05, 0.1) is 21.7 Å². The van der Waals surface area contributed by atoms with Crippen molar-refractivity contribution >= 4 is 28.5 Å². The Hall–Kier alpha value is -4.17. The van der Waals surface area contributed by atoms with Gasteiger partial charge >= 0.3 is 11.1 Å². The fraction of sp³-hybridized carbons (Fsp3) is 0.258. The molecule has 0 atom stereocenters. The Morgan fingerprint density at radius 1 is 1.10 bits per heavy atom. The molecular formula is C31H29ClFN3O4. The number of benzene rings is 3. The van der Waals surface area contributed by atoms with Gasteiger partial charge in [0.25, 0.3) is 0 Å². The zero-order valence-electron chi connectivity index (χ0n) is 22.4. The monoisotopic (exact) mass is 561 g/mol. The predicted molar refractivity (Wildman–Crippen MR) is 155 cm³/mol. The van der Waals surface area contributed by atoms with Crippen molar-refractivity contribution < 1.29 is 14.3 Å². The number of halogens is 2. The third-order valence-corrected chi connectivity index (χ3v) is 7.79. The molecule has 0 aliphatic carbocycles. The van der Waals surface area contributed by atoms with Crippen LogP contribution in [-0.2, 0) is 11.3 Å². The van der Waals surface area contributed by atoms with Crippen LogP contribution in [0.2, 0.25) is 5.02 Å². The summed E-state index contributed by atoms with van der Waals surface area (Å²) in [5.41, 5.74) is 2.11. The van der Waals surface area contributed by atoms with Crippen molar-refractivity contribution in [3.05, 3.63) is 104 Å². The summed E-state index contributed by atoms with van der Waals surface area (Å²) in [6, 6.07) is 12.5. The molecule has 0 unspecified atom stereocenters. The number of amides is 1. The number of nitrogens with zero attached hydrogens (tertiary/aromatic N) is 3. The van der Waals surface area contributed by atoms with E-state index in [-0.39, 0.29) is 40.6 Å². The molecule has 0 spiro atoms. The first-order valence-corrected chi connectivity index (χ1v) is 13.4. The topological polar surface area (TPSA) is 84.5 Å². The number of hydrogen-bond acceptors (Lipinski definition) is 4. The maximum absolute atomic E-state index is 14.2. The Morgan fingerprint density at radius 2 is 1.82 bits per heavy atom. The van der Waals surface area contributed by atoms with Crippen molar-refractivity contribution in [2.45, 2.75) is 33.2 Å². The van der Waals surface area contributed by atoms with Crippen molar-refractivity contribution in [3.63, 3.8) is 0 Å². The van der Waals surface area contributed by atoms with Crippen molar-refractivity contribution in [2.24, 2.45) is 5.92 Å². The lowest BCUT2D eigenvalue weighted by Gasteiger charge is -2.39. The van der Waals surface area contributed by atoms with Crippen molar-refractivity contribution in [1.29, 1.82) is 0 Å². The van der Waals surface area contributed by atoms with Crippen LogP contribution in [0.5, 0.6) is 5.75 Å². The van der Waals surface area contributed by atoms with E-state index in [0.717, 1.165) is 17.2 Å². The number of carbonyl (C=O) groups excluding carboxylic acids is 1. The minimum Gasteiger partial charge on any atom is -0.507 e. The van der Waals surface area contributed by atoms with E-state index < -0.39 is 16.9 Å². The molecule has 0 saturated carbocycles. The van der Waals surface area contributed by atoms with Crippen molar-refractivity contribution in [1.82, 2.24) is 14.0 Å². The molecule has 5 rings (SSSR count). The zero-order valence-corrected chi connectivity index (χ0v) is 23.2. The average molecular weight is 562 g/mol. The first kappa shape index (κ1) is 27.4. The lowest BCUT2D eigenvalue weighted by atomic mass is 9.97. The molecular weight excluding hydrogens is 533 g/mol. The van der Waals surface area contributed by atoms with Crippen molar-refractivity contribution in [2.75, 3.05) is 13.1 Å². The summed E-state index contributed by atoms with van der Waals surface area (Å²) in [5.74, 6) is -0.926. The second-order valence-corrected chi connectivity index (χ2v) is 10.9. The van der Waals surface area contributed by atoms with Gasteiger partial charge in [-0.3, -0.25) is 19.0 Å². The van der Waals surface area contributed by atoms with E-state index in [1.54, 1.807) is 17.0 Å². The molecule has 2 heterocycles. The Morgan fingerprint density at radius 3 is 2.50 bits per heavy atom. The lowest BCUT2D eigenvalue weighted by molar-refractivity contribution is -0.132. The summed E-state index contributed by atoms with van der Waals surface area (Å²) < 4.78 is 17.0. The highest BCUT2D eigenvalue weighted by Gasteiger charge is 2.31. The Bertz CT molecular complexity index is 1800. The molecule has 1 aliphatic rings. The maximum Gasteiger partial charge on any atom is 0.321 e. The molecule has 40 heavy (non-hydrogen) atoms. The quantitative estimate of drug-likeness (QED) is 0.252. The molecule has 1 amide bonds. The highest BCUT2D eigenvalue weighted by molar-refractivity contribution is 6.34. The zero-order chi connectivity index (χ0) is 28.9. The number of phenolic OH excluding ortho intramolecular Hbond substituents is 1. The fourth-order valence-corrected chi connectivity index (χ4v) is 5.68. The van der Waals surface area contributed by atoms with Crippen LogP contribution in [0.3, 0.4) is 0 Å². The summed E-state index contributed by atoms with van der Waals surface area (Å²) in [5, 5.41) is 10.7. The lowest BCUT2D eigenvalue weighted by Crippen LogP contribution is -2.52. The number of phenols is 1. The van der Waals surface area contributed by atoms with Gasteiger partial charge < -0.3 is 14.6 Å². The smallest absolute Gasteiger partial charge is 0.321 e. The highest BCUT2D eigenvalue weighted by Crippen LogP contribution is 2.38. The summed E-state index contributed by atoms with van der Waals surface area (Å²) in [6.45, 7) is 10.5. The molecule has 9 heteroatoms. The van der Waals surface area contributed by atoms with Crippen LogP contribution in [0.25, 0.3) is 27.8 Å². The Labute approximate surface area is 235 Å². The molecule has 0 radical (unpaired) electrons. The van der Waals surface area contributed by atoms with Gasteiger partial charge in [-0.1, -0.05) is 50.2 Å². The highest BCUT2D eigenvalue weighted by atomic mass is 35.5. The molecule has 206 valence electrons. The number of aryl methyl sites for hydroxylation is 1. The third-order valence-electron chi connectivity index (χ3n) is 7.47. The maximum atomic E-state index is 14.2. The van der Waals surface area contributed by atoms with Gasteiger partial charge in [-0.15, -0.1) is 0 Å². The van der Waals surface area contributed by atoms with Gasteiger partial charge in [-0.25, -0.2) is 4.39 Å². The van der Waals surface area contributed by atoms with Crippen LogP contribution in [0.15, 0.2) is 70.8 Å². The SMILES string of the molecule is C=CC(=O)N1CC(Cn2c(=O)c(=O)n(-c3c(C)cccc3C(C)C)c3cc(-c4cc(F)ccc4O)c(Cl)cc32)C1. The summed E-state index contributed by atoms with van der Waals surface area (Å²) in [4.78, 5) is 41.1. The van der Waals surface area contributed by atoms with Gasteiger partial charge in [0.1, 0.15) is 11.6 Å². The third kappa shape index (κ3) is 4.62. The number of aromatic nitrogens is 2. The predicted octanol–water partition coefficient (Wildman–Crippen LogP) is 5.39. The molecule has 1 aliphatic heterocycles. The molecule has 3 aromatic carbocycles. The molecule has 0 bridgehead atoms. The van der Waals surface area contributed by atoms with Gasteiger partial charge in [0.15, 0.2) is 0 Å². The van der Waals surface area contributed by atoms with Gasteiger partial charge in [0, 0.05) is 36.7 Å². The summed E-state index contributed by atoms with van der Waals surface area (Å²) >= 11 is 6.71. The van der Waals surface area contributed by atoms with Crippen LogP contribution in [0.4, 0.5) is 4.39 Å². The van der Waals surface area contributed by atoms with E-state index in [1.807, 2.05) is 39.0 Å². The standard InChI is InChI=1S/C31H29ClFN3O4/c1-5-28(38)34-14-19(15-34)16-35-25-13-24(32)22(23-11-20(33)9-10-27(23)37)12-26(25)36(31(40)30(35)39)29-18(4)7-6-8-21(29)17(2)3/h5-13,17,19,37H,1,14-16H2,2-4H3. The summed E-state index contributed by atoms with van der Waals surface area (Å²) in [6.07, 6.45) is 1.25. The van der Waals surface area contributed by atoms with Gasteiger partial charge in [-0.05, 0) is 60.4 Å². The second kappa shape index (κ2) is 10.4. The Kier molecular flexibility index (Phi) is 7.14. The largest absolute Gasteiger partial charge is 0.507 e. The van der Waals surface area contributed by atoms with Crippen molar-refractivity contribution in [3.8, 4) is 22.6 Å². The minimum atomic E-state index is -0.737. The van der Waals surface area contributed by atoms with Crippen LogP contribution in [0, 0.1) is 18.7 Å². The molecule has 7 nitrogen and oxygen atoms in total. The van der Waals surface area contributed by atoms with E-state index in [0.29, 0.717) is 35.4 Å². The second-order valence-electron chi connectivity index (χ2n) is 10.5. The first-order valence-electron chi connectivity index (χ1n) is 13.0. The average Bonchev–Trinajstić information content (AvgIpc) is 2.89. The Balaban J connectivity index is 1.82. The van der Waals surface area contributed by atoms with E-state index >= 15 is 0 Å². The molecule has 1 fully saturated rings. The number of likely N-dealkylation sites (tertiary alicyclic amines) is 1. The molecule has 1 aromatic heterocycles. The number of carbonyl (C=O) groups is 1. The van der Waals surface area contributed by atoms with E-state index in [2.05, 4.69) is 6.58 Å². The molecule has 1 saturated heterocycles. The number of aromatic hydroxyl groups is 1. The normalized spacial score (nSPS) is 13.6. The number of para-hydroxylation sites is 1. The number of fused-ring (bicyclic) bond motifs is 1. The number of hydrogen-bond donors (Lipinski definition) is 1. The van der Waals surface area contributed by atoms with Crippen LogP contribution in [-0.4, -0.2) is 38.1 Å².